The van der Waals surface area contributed by atoms with E-state index in [1.165, 1.54) is 0 Å². The molecule has 0 aromatic rings. The molecule has 0 bridgehead atoms. The monoisotopic (exact) mass is 202 g/mol. The van der Waals surface area contributed by atoms with Gasteiger partial charge in [0.15, 0.2) is 0 Å². The summed E-state index contributed by atoms with van der Waals surface area (Å²) in [4.78, 5) is 23.5. The van der Waals surface area contributed by atoms with Gasteiger partial charge in [-0.15, -0.1) is 0 Å². The van der Waals surface area contributed by atoms with Gasteiger partial charge in [-0.1, -0.05) is 0 Å². The van der Waals surface area contributed by atoms with Gasteiger partial charge < -0.3 is 16.0 Å². The van der Waals surface area contributed by atoms with Crippen LogP contribution in [-0.4, -0.2) is 50.1 Å². The standard InChI is InChI=1S/C8H18N4O2/c1-6(7(13)11-8(9)14)10-4-5-12(2)3/h6,10H,4-5H2,1-3H3,(H3,9,11,13,14). The summed E-state index contributed by atoms with van der Waals surface area (Å²) in [5, 5.41) is 4.96. The molecule has 0 aromatic carbocycles. The predicted molar refractivity (Wildman–Crippen MR) is 53.7 cm³/mol. The van der Waals surface area contributed by atoms with E-state index in [0.29, 0.717) is 6.54 Å². The number of amides is 3. The zero-order valence-corrected chi connectivity index (χ0v) is 8.83. The van der Waals surface area contributed by atoms with Crippen molar-refractivity contribution in [3.63, 3.8) is 0 Å². The first-order chi connectivity index (χ1) is 6.43. The first kappa shape index (κ1) is 12.9. The highest BCUT2D eigenvalue weighted by atomic mass is 16.2. The Balaban J connectivity index is 3.67. The van der Waals surface area contributed by atoms with Crippen molar-refractivity contribution in [1.82, 2.24) is 15.5 Å². The van der Waals surface area contributed by atoms with Crippen LogP contribution in [-0.2, 0) is 4.79 Å². The summed E-state index contributed by atoms with van der Waals surface area (Å²) in [7, 11) is 3.88. The minimum absolute atomic E-state index is 0.406. The van der Waals surface area contributed by atoms with Crippen molar-refractivity contribution in [3.8, 4) is 0 Å². The van der Waals surface area contributed by atoms with E-state index in [1.807, 2.05) is 24.3 Å². The molecule has 82 valence electrons. The van der Waals surface area contributed by atoms with Gasteiger partial charge in [0.2, 0.25) is 5.91 Å². The fourth-order valence-corrected chi connectivity index (χ4v) is 0.827. The highest BCUT2D eigenvalue weighted by molar-refractivity contribution is 5.96. The molecule has 4 N–H and O–H groups in total. The maximum atomic E-state index is 11.1. The Morgan fingerprint density at radius 3 is 2.43 bits per heavy atom. The van der Waals surface area contributed by atoms with Crippen LogP contribution < -0.4 is 16.4 Å². The summed E-state index contributed by atoms with van der Waals surface area (Å²) in [5.74, 6) is -0.406. The van der Waals surface area contributed by atoms with E-state index in [-0.39, 0.29) is 0 Å². The molecule has 0 spiro atoms. The maximum absolute atomic E-state index is 11.1. The lowest BCUT2D eigenvalue weighted by molar-refractivity contribution is -0.121. The molecule has 0 rings (SSSR count). The average Bonchev–Trinajstić information content (AvgIpc) is 2.01. The second kappa shape index (κ2) is 6.33. The molecule has 0 saturated carbocycles. The number of primary amides is 1. The third kappa shape index (κ3) is 6.38. The van der Waals surface area contributed by atoms with Gasteiger partial charge in [0.25, 0.3) is 0 Å². The molecule has 0 aliphatic heterocycles. The van der Waals surface area contributed by atoms with Crippen molar-refractivity contribution in [2.75, 3.05) is 27.2 Å². The number of rotatable bonds is 5. The van der Waals surface area contributed by atoms with Crippen LogP contribution in [0.3, 0.4) is 0 Å². The van der Waals surface area contributed by atoms with Crippen LogP contribution in [0.2, 0.25) is 0 Å². The number of urea groups is 1. The molecule has 0 aliphatic carbocycles. The summed E-state index contributed by atoms with van der Waals surface area (Å²) < 4.78 is 0. The molecule has 6 nitrogen and oxygen atoms in total. The van der Waals surface area contributed by atoms with Crippen LogP contribution in [0.15, 0.2) is 0 Å². The lowest BCUT2D eigenvalue weighted by Crippen LogP contribution is -2.47. The number of imide groups is 1. The minimum atomic E-state index is -0.823. The Labute approximate surface area is 83.8 Å². The molecular weight excluding hydrogens is 184 g/mol. The van der Waals surface area contributed by atoms with Crippen LogP contribution >= 0.6 is 0 Å². The molecule has 0 aromatic heterocycles. The molecule has 3 amide bonds. The fourth-order valence-electron chi connectivity index (χ4n) is 0.827. The SMILES string of the molecule is CC(NCCN(C)C)C(=O)NC(N)=O. The normalized spacial score (nSPS) is 12.6. The molecule has 0 radical (unpaired) electrons. The van der Waals surface area contributed by atoms with Crippen LogP contribution in [0.1, 0.15) is 6.92 Å². The molecule has 6 heteroatoms. The summed E-state index contributed by atoms with van der Waals surface area (Å²) in [6.07, 6.45) is 0. The topological polar surface area (TPSA) is 87.5 Å². The molecular formula is C8H18N4O2. The number of nitrogens with zero attached hydrogens (tertiary/aromatic N) is 1. The molecule has 1 atom stereocenters. The Bertz CT molecular complexity index is 206. The Hall–Kier alpha value is -1.14. The van der Waals surface area contributed by atoms with Gasteiger partial charge in [-0.3, -0.25) is 10.1 Å². The second-order valence-electron chi connectivity index (χ2n) is 3.33. The molecule has 0 aliphatic rings. The number of likely N-dealkylation sites (N-methyl/N-ethyl adjacent to an activating group) is 1. The Morgan fingerprint density at radius 2 is 2.00 bits per heavy atom. The molecule has 0 fully saturated rings. The minimum Gasteiger partial charge on any atom is -0.351 e. The van der Waals surface area contributed by atoms with Gasteiger partial charge in [0, 0.05) is 13.1 Å². The molecule has 0 saturated heterocycles. The number of carbonyl (C=O) groups excluding carboxylic acids is 2. The van der Waals surface area contributed by atoms with Crippen molar-refractivity contribution in [3.05, 3.63) is 0 Å². The predicted octanol–water partition coefficient (Wildman–Crippen LogP) is -1.28. The third-order valence-corrected chi connectivity index (χ3v) is 1.65. The van der Waals surface area contributed by atoms with Crippen molar-refractivity contribution in [2.45, 2.75) is 13.0 Å². The molecule has 0 heterocycles. The van der Waals surface area contributed by atoms with Gasteiger partial charge >= 0.3 is 6.03 Å². The second-order valence-corrected chi connectivity index (χ2v) is 3.33. The third-order valence-electron chi connectivity index (χ3n) is 1.65. The van der Waals surface area contributed by atoms with E-state index in [1.54, 1.807) is 6.92 Å². The van der Waals surface area contributed by atoms with Crippen molar-refractivity contribution >= 4 is 11.9 Å². The van der Waals surface area contributed by atoms with Crippen molar-refractivity contribution in [1.29, 1.82) is 0 Å². The van der Waals surface area contributed by atoms with Crippen molar-refractivity contribution < 1.29 is 9.59 Å². The lowest BCUT2D eigenvalue weighted by Gasteiger charge is -2.14. The maximum Gasteiger partial charge on any atom is 0.318 e. The van der Waals surface area contributed by atoms with E-state index in [9.17, 15) is 9.59 Å². The number of nitrogens with one attached hydrogen (secondary N) is 2. The first-order valence-corrected chi connectivity index (χ1v) is 4.42. The number of nitrogens with two attached hydrogens (primary N) is 1. The highest BCUT2D eigenvalue weighted by Gasteiger charge is 2.12. The number of hydrogen-bond donors (Lipinski definition) is 3. The van der Waals surface area contributed by atoms with Gasteiger partial charge in [0.1, 0.15) is 0 Å². The lowest BCUT2D eigenvalue weighted by atomic mass is 10.3. The summed E-state index contributed by atoms with van der Waals surface area (Å²) in [6.45, 7) is 3.18. The van der Waals surface area contributed by atoms with Crippen LogP contribution in [0.25, 0.3) is 0 Å². The zero-order valence-electron chi connectivity index (χ0n) is 8.83. The van der Waals surface area contributed by atoms with Gasteiger partial charge in [-0.05, 0) is 21.0 Å². The van der Waals surface area contributed by atoms with Gasteiger partial charge in [-0.2, -0.15) is 0 Å². The summed E-state index contributed by atoms with van der Waals surface area (Å²) in [6, 6.07) is -1.24. The van der Waals surface area contributed by atoms with Crippen molar-refractivity contribution in [2.24, 2.45) is 5.73 Å². The molecule has 14 heavy (non-hydrogen) atoms. The molecule has 1 unspecified atom stereocenters. The number of carbonyl (C=O) groups is 2. The van der Waals surface area contributed by atoms with Crippen LogP contribution in [0, 0.1) is 0 Å². The smallest absolute Gasteiger partial charge is 0.318 e. The largest absolute Gasteiger partial charge is 0.351 e. The quantitative estimate of drug-likeness (QED) is 0.518. The van der Waals surface area contributed by atoms with Crippen LogP contribution in [0.4, 0.5) is 4.79 Å². The summed E-state index contributed by atoms with van der Waals surface area (Å²) in [5.41, 5.74) is 4.80. The average molecular weight is 202 g/mol. The Kier molecular flexibility index (Phi) is 5.82. The zero-order chi connectivity index (χ0) is 11.1. The first-order valence-electron chi connectivity index (χ1n) is 4.42. The van der Waals surface area contributed by atoms with Crippen LogP contribution in [0.5, 0.6) is 0 Å². The van der Waals surface area contributed by atoms with E-state index >= 15 is 0 Å². The summed E-state index contributed by atoms with van der Waals surface area (Å²) >= 11 is 0. The van der Waals surface area contributed by atoms with E-state index in [0.717, 1.165) is 6.54 Å². The highest BCUT2D eigenvalue weighted by Crippen LogP contribution is 1.81. The van der Waals surface area contributed by atoms with Gasteiger partial charge in [-0.25, -0.2) is 4.79 Å². The van der Waals surface area contributed by atoms with E-state index in [4.69, 9.17) is 5.73 Å². The fraction of sp³-hybridized carbons (Fsp3) is 0.750. The number of hydrogen-bond acceptors (Lipinski definition) is 4. The van der Waals surface area contributed by atoms with Gasteiger partial charge in [0.05, 0.1) is 6.04 Å². The van der Waals surface area contributed by atoms with E-state index < -0.39 is 18.0 Å². The Morgan fingerprint density at radius 1 is 1.43 bits per heavy atom. The van der Waals surface area contributed by atoms with E-state index in [2.05, 4.69) is 5.32 Å².